The molecule has 17 heavy (non-hydrogen) atoms. The first kappa shape index (κ1) is 14.4. The maximum atomic E-state index is 12.3. The second-order valence-electron chi connectivity index (χ2n) is 3.95. The summed E-state index contributed by atoms with van der Waals surface area (Å²) in [6.45, 7) is 3.65. The first-order valence-electron chi connectivity index (χ1n) is 5.01. The number of methoxy groups -OCH3 is 1. The molecule has 2 unspecified atom stereocenters. The van der Waals surface area contributed by atoms with Crippen molar-refractivity contribution in [2.24, 2.45) is 5.92 Å². The third-order valence-corrected chi connectivity index (χ3v) is 3.41. The van der Waals surface area contributed by atoms with Gasteiger partial charge in [-0.15, -0.1) is 11.3 Å². The van der Waals surface area contributed by atoms with E-state index in [-0.39, 0.29) is 10.8 Å². The first-order valence-corrected chi connectivity index (χ1v) is 5.82. The third kappa shape index (κ3) is 3.40. The van der Waals surface area contributed by atoms with Crippen molar-refractivity contribution >= 4 is 11.3 Å². The van der Waals surface area contributed by atoms with E-state index in [0.29, 0.717) is 11.3 Å². The summed E-state index contributed by atoms with van der Waals surface area (Å²) in [6, 6.07) is 0. The zero-order valence-corrected chi connectivity index (χ0v) is 10.5. The molecule has 3 nitrogen and oxygen atoms in total. The van der Waals surface area contributed by atoms with Crippen molar-refractivity contribution < 1.29 is 23.0 Å². The number of hydrogen-bond acceptors (Lipinski definition) is 4. The average Bonchev–Trinajstić information content (AvgIpc) is 2.65. The van der Waals surface area contributed by atoms with Crippen molar-refractivity contribution in [3.05, 3.63) is 16.1 Å². The standard InChI is InChI=1S/C10H14F3NO2S/c1-5(2)8(16-3)7(15)6-4-14-9(17-6)10(11,12)13/h4-5,7-8,15H,1-3H3. The summed E-state index contributed by atoms with van der Waals surface area (Å²) in [5.41, 5.74) is 0. The molecule has 1 N–H and O–H groups in total. The molecule has 98 valence electrons. The van der Waals surface area contributed by atoms with Crippen molar-refractivity contribution in [1.29, 1.82) is 0 Å². The minimum atomic E-state index is -4.47. The summed E-state index contributed by atoms with van der Waals surface area (Å²) < 4.78 is 42.1. The van der Waals surface area contributed by atoms with Crippen LogP contribution in [-0.2, 0) is 10.9 Å². The maximum Gasteiger partial charge on any atom is 0.443 e. The molecule has 0 radical (unpaired) electrons. The second kappa shape index (κ2) is 5.32. The minimum absolute atomic E-state index is 0.00793. The summed E-state index contributed by atoms with van der Waals surface area (Å²) >= 11 is 0.443. The molecule has 0 fully saturated rings. The minimum Gasteiger partial charge on any atom is -0.385 e. The highest BCUT2D eigenvalue weighted by atomic mass is 32.1. The second-order valence-corrected chi connectivity index (χ2v) is 5.02. The lowest BCUT2D eigenvalue weighted by Gasteiger charge is -2.23. The summed E-state index contributed by atoms with van der Waals surface area (Å²) in [4.78, 5) is 3.43. The molecule has 0 aliphatic carbocycles. The van der Waals surface area contributed by atoms with Crippen molar-refractivity contribution in [2.75, 3.05) is 7.11 Å². The molecule has 0 saturated heterocycles. The molecule has 0 amide bonds. The molecule has 0 aliphatic heterocycles. The molecule has 0 bridgehead atoms. The molecule has 0 aliphatic rings. The van der Waals surface area contributed by atoms with Gasteiger partial charge in [-0.2, -0.15) is 13.2 Å². The highest BCUT2D eigenvalue weighted by molar-refractivity contribution is 7.11. The molecule has 1 aromatic heterocycles. The molecule has 0 saturated carbocycles. The van der Waals surface area contributed by atoms with Crippen molar-refractivity contribution in [3.8, 4) is 0 Å². The average molecular weight is 269 g/mol. The lowest BCUT2D eigenvalue weighted by Crippen LogP contribution is -2.25. The predicted molar refractivity (Wildman–Crippen MR) is 57.7 cm³/mol. The van der Waals surface area contributed by atoms with Crippen molar-refractivity contribution in [1.82, 2.24) is 4.98 Å². The van der Waals surface area contributed by atoms with Crippen LogP contribution in [0.4, 0.5) is 13.2 Å². The van der Waals surface area contributed by atoms with Crippen LogP contribution >= 0.6 is 11.3 Å². The van der Waals surface area contributed by atoms with Gasteiger partial charge in [-0.1, -0.05) is 13.8 Å². The fourth-order valence-electron chi connectivity index (χ4n) is 1.48. The van der Waals surface area contributed by atoms with Gasteiger partial charge in [-0.05, 0) is 5.92 Å². The van der Waals surface area contributed by atoms with E-state index in [1.165, 1.54) is 7.11 Å². The topological polar surface area (TPSA) is 42.4 Å². The molecule has 1 rings (SSSR count). The molecular weight excluding hydrogens is 255 g/mol. The lowest BCUT2D eigenvalue weighted by molar-refractivity contribution is -0.137. The zero-order chi connectivity index (χ0) is 13.2. The van der Waals surface area contributed by atoms with Crippen LogP contribution in [0.5, 0.6) is 0 Å². The predicted octanol–water partition coefficient (Wildman–Crippen LogP) is 2.87. The zero-order valence-electron chi connectivity index (χ0n) is 9.65. The van der Waals surface area contributed by atoms with Gasteiger partial charge in [0.25, 0.3) is 0 Å². The normalized spacial score (nSPS) is 16.2. The van der Waals surface area contributed by atoms with Crippen LogP contribution in [0.25, 0.3) is 0 Å². The molecule has 1 heterocycles. The molecule has 2 atom stereocenters. The van der Waals surface area contributed by atoms with E-state index < -0.39 is 23.4 Å². The van der Waals surface area contributed by atoms with E-state index in [4.69, 9.17) is 4.74 Å². The number of rotatable bonds is 4. The Labute approximate surface area is 101 Å². The summed E-state index contributed by atoms with van der Waals surface area (Å²) in [5.74, 6) is -0.00793. The Bertz CT molecular complexity index is 365. The molecule has 0 aromatic carbocycles. The number of thiazole rings is 1. The number of nitrogens with zero attached hydrogens (tertiary/aromatic N) is 1. The van der Waals surface area contributed by atoms with E-state index in [2.05, 4.69) is 4.98 Å². The number of aromatic nitrogens is 1. The van der Waals surface area contributed by atoms with E-state index in [1.807, 2.05) is 13.8 Å². The van der Waals surface area contributed by atoms with Gasteiger partial charge in [0.15, 0.2) is 5.01 Å². The van der Waals surface area contributed by atoms with Gasteiger partial charge in [-0.3, -0.25) is 0 Å². The Kier molecular flexibility index (Phi) is 4.51. The largest absolute Gasteiger partial charge is 0.443 e. The van der Waals surface area contributed by atoms with Crippen molar-refractivity contribution in [3.63, 3.8) is 0 Å². The molecule has 1 aromatic rings. The Morgan fingerprint density at radius 3 is 2.35 bits per heavy atom. The molecule has 0 spiro atoms. The monoisotopic (exact) mass is 269 g/mol. The van der Waals surface area contributed by atoms with E-state index in [1.54, 1.807) is 0 Å². The van der Waals surface area contributed by atoms with Crippen LogP contribution in [0.15, 0.2) is 6.20 Å². The van der Waals surface area contributed by atoms with Crippen LogP contribution < -0.4 is 0 Å². The van der Waals surface area contributed by atoms with Crippen LogP contribution in [0.1, 0.15) is 29.8 Å². The smallest absolute Gasteiger partial charge is 0.385 e. The lowest BCUT2D eigenvalue weighted by atomic mass is 10.0. The summed E-state index contributed by atoms with van der Waals surface area (Å²) in [5, 5.41) is 8.95. The number of hydrogen-bond donors (Lipinski definition) is 1. The Balaban J connectivity index is 2.90. The van der Waals surface area contributed by atoms with Crippen LogP contribution in [0.2, 0.25) is 0 Å². The van der Waals surface area contributed by atoms with Gasteiger partial charge in [0.2, 0.25) is 0 Å². The number of halogens is 3. The van der Waals surface area contributed by atoms with E-state index in [0.717, 1.165) is 6.20 Å². The number of alkyl halides is 3. The summed E-state index contributed by atoms with van der Waals surface area (Å²) in [7, 11) is 1.42. The summed E-state index contributed by atoms with van der Waals surface area (Å²) in [6.07, 6.45) is -5.06. The maximum absolute atomic E-state index is 12.3. The molecular formula is C10H14F3NO2S. The van der Waals surface area contributed by atoms with Crippen LogP contribution in [0.3, 0.4) is 0 Å². The van der Waals surface area contributed by atoms with E-state index >= 15 is 0 Å². The SMILES string of the molecule is COC(C(C)C)C(O)c1cnc(C(F)(F)F)s1. The highest BCUT2D eigenvalue weighted by Crippen LogP contribution is 2.36. The first-order chi connectivity index (χ1) is 7.77. The Hall–Kier alpha value is -0.660. The van der Waals surface area contributed by atoms with Crippen LogP contribution in [0, 0.1) is 5.92 Å². The van der Waals surface area contributed by atoms with Crippen LogP contribution in [-0.4, -0.2) is 23.3 Å². The van der Waals surface area contributed by atoms with Gasteiger partial charge >= 0.3 is 6.18 Å². The Morgan fingerprint density at radius 1 is 1.41 bits per heavy atom. The van der Waals surface area contributed by atoms with Gasteiger partial charge in [0.1, 0.15) is 6.10 Å². The fourth-order valence-corrected chi connectivity index (χ4v) is 2.29. The third-order valence-electron chi connectivity index (χ3n) is 2.30. The fraction of sp³-hybridized carbons (Fsp3) is 0.700. The number of aliphatic hydroxyl groups is 1. The Morgan fingerprint density at radius 2 is 2.00 bits per heavy atom. The quantitative estimate of drug-likeness (QED) is 0.914. The van der Waals surface area contributed by atoms with Gasteiger partial charge < -0.3 is 9.84 Å². The van der Waals surface area contributed by atoms with Gasteiger partial charge in [0.05, 0.1) is 11.0 Å². The molecule has 7 heteroatoms. The number of aliphatic hydroxyl groups excluding tert-OH is 1. The number of ether oxygens (including phenoxy) is 1. The van der Waals surface area contributed by atoms with Gasteiger partial charge in [0, 0.05) is 13.3 Å². The van der Waals surface area contributed by atoms with Gasteiger partial charge in [-0.25, -0.2) is 4.98 Å². The van der Waals surface area contributed by atoms with Crippen molar-refractivity contribution in [2.45, 2.75) is 32.2 Å². The highest BCUT2D eigenvalue weighted by Gasteiger charge is 2.36. The van der Waals surface area contributed by atoms with E-state index in [9.17, 15) is 18.3 Å².